The summed E-state index contributed by atoms with van der Waals surface area (Å²) in [6, 6.07) is 14.9. The van der Waals surface area contributed by atoms with Gasteiger partial charge in [0, 0.05) is 11.1 Å². The minimum absolute atomic E-state index is 0.120. The molecule has 0 aliphatic carbocycles. The smallest absolute Gasteiger partial charge is 0.240 e. The van der Waals surface area contributed by atoms with Crippen molar-refractivity contribution >= 4 is 33.2 Å². The van der Waals surface area contributed by atoms with Gasteiger partial charge in [-0.15, -0.1) is 0 Å². The van der Waals surface area contributed by atoms with Gasteiger partial charge in [-0.25, -0.2) is 8.42 Å². The van der Waals surface area contributed by atoms with Crippen LogP contribution in [0.25, 0.3) is 0 Å². The molecule has 158 valence electrons. The van der Waals surface area contributed by atoms with Crippen molar-refractivity contribution in [3.8, 4) is 0 Å². The van der Waals surface area contributed by atoms with Gasteiger partial charge in [0.15, 0.2) is 0 Å². The molecule has 0 spiro atoms. The Morgan fingerprint density at radius 1 is 1.17 bits per heavy atom. The Morgan fingerprint density at radius 2 is 1.79 bits per heavy atom. The fourth-order valence-corrected chi connectivity index (χ4v) is 4.69. The number of aryl methyl sites for hydroxylation is 1. The van der Waals surface area contributed by atoms with Crippen molar-refractivity contribution < 1.29 is 13.2 Å². The van der Waals surface area contributed by atoms with Crippen LogP contribution in [-0.4, -0.2) is 33.2 Å². The van der Waals surface area contributed by atoms with Gasteiger partial charge in [-0.3, -0.25) is 9.10 Å². The van der Waals surface area contributed by atoms with Crippen LogP contribution in [0.2, 0.25) is 5.02 Å². The summed E-state index contributed by atoms with van der Waals surface area (Å²) in [7, 11) is -3.63. The fourth-order valence-electron chi connectivity index (χ4n) is 3.55. The predicted molar refractivity (Wildman–Crippen MR) is 120 cm³/mol. The van der Waals surface area contributed by atoms with E-state index in [1.54, 1.807) is 25.1 Å². The van der Waals surface area contributed by atoms with E-state index in [0.717, 1.165) is 17.0 Å². The largest absolute Gasteiger partial charge is 0.352 e. The van der Waals surface area contributed by atoms with Crippen molar-refractivity contribution in [1.29, 1.82) is 0 Å². The number of carbonyl (C=O) groups is 1. The number of hydrogen-bond donors (Lipinski definition) is 1. The number of hydrogen-bond acceptors (Lipinski definition) is 3. The Bertz CT molecular complexity index is 959. The molecule has 2 rings (SSSR count). The zero-order valence-corrected chi connectivity index (χ0v) is 19.1. The molecule has 0 saturated carbocycles. The minimum atomic E-state index is -3.63. The number of rotatable bonds is 8. The standard InChI is InChI=1S/C22H29ClN2O3S/c1-16-13-19(23)11-12-20(16)25(29(5,27)28)15-21(26)24-17(2)14-22(3,4)18-9-7-6-8-10-18/h6-13,17H,14-15H2,1-5H3,(H,24,26). The first kappa shape index (κ1) is 23.2. The first-order chi connectivity index (χ1) is 13.4. The van der Waals surface area contributed by atoms with Gasteiger partial charge in [0.2, 0.25) is 15.9 Å². The highest BCUT2D eigenvalue weighted by Crippen LogP contribution is 2.28. The lowest BCUT2D eigenvalue weighted by Gasteiger charge is -2.30. The molecule has 2 aromatic rings. The van der Waals surface area contributed by atoms with Crippen LogP contribution in [0.15, 0.2) is 48.5 Å². The van der Waals surface area contributed by atoms with E-state index in [9.17, 15) is 13.2 Å². The lowest BCUT2D eigenvalue weighted by atomic mass is 9.79. The Balaban J connectivity index is 2.10. The fraction of sp³-hybridized carbons (Fsp3) is 0.409. The van der Waals surface area contributed by atoms with E-state index in [1.165, 1.54) is 5.56 Å². The molecule has 1 amide bonds. The van der Waals surface area contributed by atoms with Crippen molar-refractivity contribution in [1.82, 2.24) is 5.32 Å². The summed E-state index contributed by atoms with van der Waals surface area (Å²) in [4.78, 5) is 12.6. The second kappa shape index (κ2) is 9.18. The topological polar surface area (TPSA) is 66.5 Å². The molecule has 0 aliphatic rings. The Hall–Kier alpha value is -2.05. The molecule has 0 fully saturated rings. The number of nitrogens with zero attached hydrogens (tertiary/aromatic N) is 1. The van der Waals surface area contributed by atoms with Gasteiger partial charge in [0.1, 0.15) is 6.54 Å². The number of anilines is 1. The summed E-state index contributed by atoms with van der Waals surface area (Å²) >= 11 is 5.98. The lowest BCUT2D eigenvalue weighted by molar-refractivity contribution is -0.120. The summed E-state index contributed by atoms with van der Waals surface area (Å²) in [5, 5.41) is 3.45. The highest BCUT2D eigenvalue weighted by molar-refractivity contribution is 7.92. The zero-order valence-electron chi connectivity index (χ0n) is 17.6. The van der Waals surface area contributed by atoms with Crippen molar-refractivity contribution in [2.75, 3.05) is 17.1 Å². The molecule has 5 nitrogen and oxygen atoms in total. The van der Waals surface area contributed by atoms with E-state index in [1.807, 2.05) is 25.1 Å². The van der Waals surface area contributed by atoms with Crippen LogP contribution in [-0.2, 0) is 20.2 Å². The molecular weight excluding hydrogens is 408 g/mol. The molecule has 0 aromatic heterocycles. The Morgan fingerprint density at radius 3 is 2.34 bits per heavy atom. The highest BCUT2D eigenvalue weighted by Gasteiger charge is 2.26. The summed E-state index contributed by atoms with van der Waals surface area (Å²) in [6.45, 7) is 7.68. The van der Waals surface area contributed by atoms with Gasteiger partial charge in [-0.05, 0) is 55.0 Å². The SMILES string of the molecule is Cc1cc(Cl)ccc1N(CC(=O)NC(C)CC(C)(C)c1ccccc1)S(C)(=O)=O. The predicted octanol–water partition coefficient (Wildman–Crippen LogP) is 4.29. The molecule has 29 heavy (non-hydrogen) atoms. The lowest BCUT2D eigenvalue weighted by Crippen LogP contribution is -2.44. The quantitative estimate of drug-likeness (QED) is 0.671. The number of carbonyl (C=O) groups excluding carboxylic acids is 1. The van der Waals surface area contributed by atoms with Crippen molar-refractivity contribution in [2.45, 2.75) is 45.6 Å². The van der Waals surface area contributed by atoms with Crippen molar-refractivity contribution in [3.05, 3.63) is 64.7 Å². The van der Waals surface area contributed by atoms with Crippen LogP contribution in [0.4, 0.5) is 5.69 Å². The number of amides is 1. The molecule has 7 heteroatoms. The maximum Gasteiger partial charge on any atom is 0.240 e. The third kappa shape index (κ3) is 6.47. The average Bonchev–Trinajstić information content (AvgIpc) is 2.59. The third-order valence-corrected chi connectivity index (χ3v) is 6.26. The van der Waals surface area contributed by atoms with E-state index in [2.05, 4.69) is 31.3 Å². The number of nitrogens with one attached hydrogen (secondary N) is 1. The molecule has 2 aromatic carbocycles. The van der Waals surface area contributed by atoms with Crippen molar-refractivity contribution in [2.24, 2.45) is 0 Å². The van der Waals surface area contributed by atoms with Crippen LogP contribution in [0.3, 0.4) is 0 Å². The van der Waals surface area contributed by atoms with E-state index in [0.29, 0.717) is 16.3 Å². The second-order valence-electron chi connectivity index (χ2n) is 8.12. The molecule has 1 atom stereocenters. The molecular formula is C22H29ClN2O3S. The normalized spacial score (nSPS) is 13.0. The third-order valence-electron chi connectivity index (χ3n) is 4.89. The first-order valence-corrected chi connectivity index (χ1v) is 11.7. The number of sulfonamides is 1. The van der Waals surface area contributed by atoms with Crippen LogP contribution in [0, 0.1) is 6.92 Å². The molecule has 0 saturated heterocycles. The maximum absolute atomic E-state index is 12.6. The molecule has 1 N–H and O–H groups in total. The highest BCUT2D eigenvalue weighted by atomic mass is 35.5. The van der Waals surface area contributed by atoms with Crippen LogP contribution in [0.1, 0.15) is 38.3 Å². The van der Waals surface area contributed by atoms with E-state index >= 15 is 0 Å². The van der Waals surface area contributed by atoms with Crippen LogP contribution < -0.4 is 9.62 Å². The Kier molecular flexibility index (Phi) is 7.35. The molecule has 0 bridgehead atoms. The van der Waals surface area contributed by atoms with Crippen LogP contribution >= 0.6 is 11.6 Å². The minimum Gasteiger partial charge on any atom is -0.352 e. The average molecular weight is 437 g/mol. The number of halogens is 1. The second-order valence-corrected chi connectivity index (χ2v) is 10.5. The Labute approximate surface area is 179 Å². The monoisotopic (exact) mass is 436 g/mol. The molecule has 0 heterocycles. The van der Waals surface area contributed by atoms with E-state index in [-0.39, 0.29) is 23.9 Å². The van der Waals surface area contributed by atoms with Crippen molar-refractivity contribution in [3.63, 3.8) is 0 Å². The van der Waals surface area contributed by atoms with Gasteiger partial charge < -0.3 is 5.32 Å². The van der Waals surface area contributed by atoms with Gasteiger partial charge >= 0.3 is 0 Å². The van der Waals surface area contributed by atoms with Crippen LogP contribution in [0.5, 0.6) is 0 Å². The first-order valence-electron chi connectivity index (χ1n) is 9.49. The molecule has 1 unspecified atom stereocenters. The summed E-state index contributed by atoms with van der Waals surface area (Å²) in [5.41, 5.74) is 2.20. The van der Waals surface area contributed by atoms with E-state index < -0.39 is 10.0 Å². The molecule has 0 aliphatic heterocycles. The van der Waals surface area contributed by atoms with E-state index in [4.69, 9.17) is 11.6 Å². The summed E-state index contributed by atoms with van der Waals surface area (Å²) in [6.07, 6.45) is 1.82. The number of benzene rings is 2. The maximum atomic E-state index is 12.6. The molecule has 0 radical (unpaired) electrons. The summed E-state index contributed by atoms with van der Waals surface area (Å²) in [5.74, 6) is -0.346. The summed E-state index contributed by atoms with van der Waals surface area (Å²) < 4.78 is 25.7. The van der Waals surface area contributed by atoms with Gasteiger partial charge in [-0.1, -0.05) is 55.8 Å². The van der Waals surface area contributed by atoms with Gasteiger partial charge in [0.05, 0.1) is 11.9 Å². The van der Waals surface area contributed by atoms with Gasteiger partial charge in [-0.2, -0.15) is 0 Å². The van der Waals surface area contributed by atoms with Gasteiger partial charge in [0.25, 0.3) is 0 Å². The zero-order chi connectivity index (χ0) is 21.8.